The quantitative estimate of drug-likeness (QED) is 0.616. The van der Waals surface area contributed by atoms with E-state index in [0.717, 1.165) is 18.6 Å². The minimum Gasteiger partial charge on any atom is -0.397 e. The Kier molecular flexibility index (Phi) is 6.15. The molecule has 0 aliphatic rings. The minimum atomic E-state index is -0.223. The highest BCUT2D eigenvalue weighted by atomic mass is 35.5. The summed E-state index contributed by atoms with van der Waals surface area (Å²) in [6.45, 7) is 0.643. The van der Waals surface area contributed by atoms with Crippen molar-refractivity contribution in [3.8, 4) is 0 Å². The maximum absolute atomic E-state index is 11.8. The number of halogens is 1. The number of nitrogens with two attached hydrogens (primary N) is 1. The molecule has 94 valence electrons. The number of unbranched alkanes of at least 4 members (excludes halogenated alkanes) is 1. The monoisotopic (exact) mass is 273 g/mol. The maximum Gasteiger partial charge on any atom is 0.254 e. The van der Waals surface area contributed by atoms with Gasteiger partial charge in [-0.1, -0.05) is 11.6 Å². The molecular formula is C11H16ClN3OS. The number of rotatable bonds is 6. The third-order valence-electron chi connectivity index (χ3n) is 2.17. The normalized spacial score (nSPS) is 10.2. The molecule has 0 fully saturated rings. The van der Waals surface area contributed by atoms with Gasteiger partial charge < -0.3 is 11.1 Å². The zero-order chi connectivity index (χ0) is 12.7. The Bertz CT molecular complexity index is 387. The molecule has 1 rings (SSSR count). The molecule has 0 saturated carbocycles. The number of carbonyl (C=O) groups excluding carboxylic acids is 1. The van der Waals surface area contributed by atoms with E-state index < -0.39 is 0 Å². The van der Waals surface area contributed by atoms with Crippen molar-refractivity contribution < 1.29 is 4.79 Å². The molecule has 0 aliphatic heterocycles. The molecule has 0 saturated heterocycles. The number of thioether (sulfide) groups is 1. The number of aromatic nitrogens is 1. The first kappa shape index (κ1) is 14.1. The van der Waals surface area contributed by atoms with Crippen molar-refractivity contribution in [2.75, 3.05) is 24.3 Å². The Balaban J connectivity index is 2.44. The van der Waals surface area contributed by atoms with Gasteiger partial charge in [0.2, 0.25) is 0 Å². The highest BCUT2D eigenvalue weighted by molar-refractivity contribution is 7.98. The number of anilines is 1. The van der Waals surface area contributed by atoms with Crippen LogP contribution in [0.3, 0.4) is 0 Å². The Morgan fingerprint density at radius 1 is 1.59 bits per heavy atom. The van der Waals surface area contributed by atoms with Crippen molar-refractivity contribution in [2.24, 2.45) is 0 Å². The predicted octanol–water partition coefficient (Wildman–Crippen LogP) is 2.19. The van der Waals surface area contributed by atoms with Crippen LogP contribution in [0.25, 0.3) is 0 Å². The molecule has 0 aliphatic carbocycles. The average molecular weight is 274 g/mol. The van der Waals surface area contributed by atoms with E-state index in [-0.39, 0.29) is 11.1 Å². The van der Waals surface area contributed by atoms with Crippen LogP contribution in [0.5, 0.6) is 0 Å². The van der Waals surface area contributed by atoms with Gasteiger partial charge in [-0.25, -0.2) is 4.98 Å². The van der Waals surface area contributed by atoms with Gasteiger partial charge in [0, 0.05) is 6.54 Å². The molecule has 0 bridgehead atoms. The third kappa shape index (κ3) is 4.83. The van der Waals surface area contributed by atoms with Crippen molar-refractivity contribution >= 4 is 35.0 Å². The van der Waals surface area contributed by atoms with E-state index in [0.29, 0.717) is 17.8 Å². The first-order chi connectivity index (χ1) is 8.15. The van der Waals surface area contributed by atoms with E-state index in [2.05, 4.69) is 16.6 Å². The Labute approximate surface area is 110 Å². The molecule has 17 heavy (non-hydrogen) atoms. The predicted molar refractivity (Wildman–Crippen MR) is 73.6 cm³/mol. The van der Waals surface area contributed by atoms with Gasteiger partial charge in [-0.2, -0.15) is 11.8 Å². The second-order valence-corrected chi connectivity index (χ2v) is 4.91. The van der Waals surface area contributed by atoms with Gasteiger partial charge in [0.05, 0.1) is 17.4 Å². The fraction of sp³-hybridized carbons (Fsp3) is 0.455. The standard InChI is InChI=1S/C11H16ClN3OS/c1-17-5-3-2-4-14-11(16)9-6-8(13)7-15-10(9)12/h6-7H,2-5,13H2,1H3,(H,14,16). The summed E-state index contributed by atoms with van der Waals surface area (Å²) in [4.78, 5) is 15.6. The number of amides is 1. The zero-order valence-corrected chi connectivity index (χ0v) is 11.3. The molecule has 1 amide bonds. The summed E-state index contributed by atoms with van der Waals surface area (Å²) in [5.74, 6) is 0.884. The number of nitrogen functional groups attached to an aromatic ring is 1. The van der Waals surface area contributed by atoms with Gasteiger partial charge in [0.1, 0.15) is 5.15 Å². The molecule has 0 spiro atoms. The van der Waals surface area contributed by atoms with Crippen molar-refractivity contribution in [1.29, 1.82) is 0 Å². The van der Waals surface area contributed by atoms with Gasteiger partial charge in [-0.05, 0) is 30.9 Å². The molecular weight excluding hydrogens is 258 g/mol. The molecule has 6 heteroatoms. The summed E-state index contributed by atoms with van der Waals surface area (Å²) in [6.07, 6.45) is 5.54. The highest BCUT2D eigenvalue weighted by Gasteiger charge is 2.10. The summed E-state index contributed by atoms with van der Waals surface area (Å²) in [5.41, 5.74) is 6.32. The van der Waals surface area contributed by atoms with E-state index in [4.69, 9.17) is 17.3 Å². The lowest BCUT2D eigenvalue weighted by atomic mass is 10.2. The van der Waals surface area contributed by atoms with Crippen molar-refractivity contribution in [2.45, 2.75) is 12.8 Å². The van der Waals surface area contributed by atoms with Crippen molar-refractivity contribution in [1.82, 2.24) is 10.3 Å². The van der Waals surface area contributed by atoms with Crippen LogP contribution in [0.2, 0.25) is 5.15 Å². The number of pyridine rings is 1. The Hall–Kier alpha value is -0.940. The molecule has 3 N–H and O–H groups in total. The molecule has 0 aromatic carbocycles. The lowest BCUT2D eigenvalue weighted by molar-refractivity contribution is 0.0953. The van der Waals surface area contributed by atoms with Crippen LogP contribution >= 0.6 is 23.4 Å². The van der Waals surface area contributed by atoms with Crippen LogP contribution < -0.4 is 11.1 Å². The molecule has 1 aromatic heterocycles. The van der Waals surface area contributed by atoms with Crippen LogP contribution in [0.1, 0.15) is 23.2 Å². The number of carbonyl (C=O) groups is 1. The second-order valence-electron chi connectivity index (χ2n) is 3.56. The lowest BCUT2D eigenvalue weighted by Gasteiger charge is -2.06. The van der Waals surface area contributed by atoms with E-state index in [1.54, 1.807) is 11.8 Å². The van der Waals surface area contributed by atoms with Crippen LogP contribution in [0, 0.1) is 0 Å². The summed E-state index contributed by atoms with van der Waals surface area (Å²) in [6, 6.07) is 1.53. The van der Waals surface area contributed by atoms with E-state index in [9.17, 15) is 4.79 Å². The third-order valence-corrected chi connectivity index (χ3v) is 3.16. The zero-order valence-electron chi connectivity index (χ0n) is 9.70. The topological polar surface area (TPSA) is 68.0 Å². The van der Waals surface area contributed by atoms with Crippen molar-refractivity contribution in [3.05, 3.63) is 23.0 Å². The van der Waals surface area contributed by atoms with Gasteiger partial charge >= 0.3 is 0 Å². The summed E-state index contributed by atoms with van der Waals surface area (Å²) in [5, 5.41) is 2.98. The van der Waals surface area contributed by atoms with Gasteiger partial charge in [0.15, 0.2) is 0 Å². The molecule has 1 aromatic rings. The van der Waals surface area contributed by atoms with Crippen LogP contribution in [-0.2, 0) is 0 Å². The van der Waals surface area contributed by atoms with Gasteiger partial charge in [-0.15, -0.1) is 0 Å². The largest absolute Gasteiger partial charge is 0.397 e. The van der Waals surface area contributed by atoms with Gasteiger partial charge in [-0.3, -0.25) is 4.79 Å². The Morgan fingerprint density at radius 2 is 2.35 bits per heavy atom. The van der Waals surface area contributed by atoms with Crippen LogP contribution in [0.15, 0.2) is 12.3 Å². The molecule has 0 radical (unpaired) electrons. The Morgan fingerprint density at radius 3 is 3.06 bits per heavy atom. The lowest BCUT2D eigenvalue weighted by Crippen LogP contribution is -2.25. The summed E-state index contributed by atoms with van der Waals surface area (Å²) < 4.78 is 0. The molecule has 1 heterocycles. The number of hydrogen-bond donors (Lipinski definition) is 2. The fourth-order valence-electron chi connectivity index (χ4n) is 1.29. The molecule has 0 unspecified atom stereocenters. The van der Waals surface area contributed by atoms with E-state index in [1.165, 1.54) is 12.3 Å². The van der Waals surface area contributed by atoms with Crippen molar-refractivity contribution in [3.63, 3.8) is 0 Å². The highest BCUT2D eigenvalue weighted by Crippen LogP contribution is 2.15. The van der Waals surface area contributed by atoms with Gasteiger partial charge in [0.25, 0.3) is 5.91 Å². The second kappa shape index (κ2) is 7.40. The fourth-order valence-corrected chi connectivity index (χ4v) is 1.97. The molecule has 4 nitrogen and oxygen atoms in total. The average Bonchev–Trinajstić information content (AvgIpc) is 2.32. The molecule has 0 atom stereocenters. The SMILES string of the molecule is CSCCCCNC(=O)c1cc(N)cnc1Cl. The first-order valence-electron chi connectivity index (χ1n) is 5.33. The number of nitrogens with one attached hydrogen (secondary N) is 1. The van der Waals surface area contributed by atoms with E-state index in [1.807, 2.05) is 0 Å². The van der Waals surface area contributed by atoms with Crippen LogP contribution in [-0.4, -0.2) is 29.4 Å². The minimum absolute atomic E-state index is 0.181. The van der Waals surface area contributed by atoms with Crippen LogP contribution in [0.4, 0.5) is 5.69 Å². The number of nitrogens with zero attached hydrogens (tertiary/aromatic N) is 1. The first-order valence-corrected chi connectivity index (χ1v) is 7.10. The maximum atomic E-state index is 11.8. The smallest absolute Gasteiger partial charge is 0.254 e. The summed E-state index contributed by atoms with van der Waals surface area (Å²) in [7, 11) is 0. The summed E-state index contributed by atoms with van der Waals surface area (Å²) >= 11 is 7.62. The number of hydrogen-bond acceptors (Lipinski definition) is 4. The van der Waals surface area contributed by atoms with E-state index >= 15 is 0 Å².